The molecule has 0 amide bonds. The molecule has 124 valence electrons. The van der Waals surface area contributed by atoms with Crippen molar-refractivity contribution in [3.8, 4) is 0 Å². The lowest BCUT2D eigenvalue weighted by Crippen LogP contribution is -2.49. The molecule has 3 atom stereocenters. The fourth-order valence-electron chi connectivity index (χ4n) is 3.64. The van der Waals surface area contributed by atoms with Gasteiger partial charge in [0.25, 0.3) is 0 Å². The first-order chi connectivity index (χ1) is 10.2. The summed E-state index contributed by atoms with van der Waals surface area (Å²) < 4.78 is 11.5. The molecule has 0 heterocycles. The molecule has 2 N–H and O–H groups in total. The van der Waals surface area contributed by atoms with Crippen LogP contribution in [0.2, 0.25) is 0 Å². The van der Waals surface area contributed by atoms with Gasteiger partial charge >= 0.3 is 0 Å². The Bertz CT molecular complexity index is 288. The van der Waals surface area contributed by atoms with Gasteiger partial charge in [-0.2, -0.15) is 0 Å². The Balaban J connectivity index is 1.59. The lowest BCUT2D eigenvalue weighted by molar-refractivity contribution is -0.0743. The van der Waals surface area contributed by atoms with Crippen LogP contribution < -0.4 is 5.32 Å². The Labute approximate surface area is 129 Å². The lowest BCUT2D eigenvalue weighted by atomic mass is 9.80. The molecule has 2 aliphatic carbocycles. The third-order valence-corrected chi connectivity index (χ3v) is 5.39. The Morgan fingerprint density at radius 2 is 2.00 bits per heavy atom. The topological polar surface area (TPSA) is 50.7 Å². The maximum atomic E-state index is 10.1. The van der Waals surface area contributed by atoms with Crippen LogP contribution in [0.4, 0.5) is 0 Å². The fourth-order valence-corrected chi connectivity index (χ4v) is 3.64. The Morgan fingerprint density at radius 1 is 1.24 bits per heavy atom. The summed E-state index contributed by atoms with van der Waals surface area (Å²) in [7, 11) is 1.79. The average Bonchev–Trinajstić information content (AvgIpc) is 2.48. The highest BCUT2D eigenvalue weighted by Gasteiger charge is 2.36. The number of hydrogen-bond donors (Lipinski definition) is 2. The maximum Gasteiger partial charge on any atom is 0.0897 e. The van der Waals surface area contributed by atoms with Crippen LogP contribution in [0.1, 0.15) is 58.3 Å². The Hall–Kier alpha value is -0.160. The van der Waals surface area contributed by atoms with Gasteiger partial charge in [-0.05, 0) is 38.0 Å². The van der Waals surface area contributed by atoms with Crippen molar-refractivity contribution in [2.75, 3.05) is 26.8 Å². The second kappa shape index (κ2) is 8.47. The molecule has 21 heavy (non-hydrogen) atoms. The van der Waals surface area contributed by atoms with E-state index in [1.807, 2.05) is 0 Å². The number of hydrogen-bond acceptors (Lipinski definition) is 4. The molecule has 0 aromatic heterocycles. The second-order valence-electron chi connectivity index (χ2n) is 6.85. The first kappa shape index (κ1) is 17.2. The molecule has 2 fully saturated rings. The predicted molar refractivity (Wildman–Crippen MR) is 84.5 cm³/mol. The quantitative estimate of drug-likeness (QED) is 0.687. The van der Waals surface area contributed by atoms with Gasteiger partial charge < -0.3 is 19.9 Å². The van der Waals surface area contributed by atoms with Crippen LogP contribution >= 0.6 is 0 Å². The van der Waals surface area contributed by atoms with Gasteiger partial charge in [0.15, 0.2) is 0 Å². The molecule has 0 aromatic carbocycles. The van der Waals surface area contributed by atoms with Crippen molar-refractivity contribution in [2.45, 2.75) is 76.1 Å². The minimum absolute atomic E-state index is 0.0251. The third kappa shape index (κ3) is 4.92. The molecule has 2 saturated carbocycles. The van der Waals surface area contributed by atoms with E-state index in [9.17, 15) is 5.11 Å². The number of nitrogens with one attached hydrogen (secondary N) is 1. The van der Waals surface area contributed by atoms with Gasteiger partial charge in [0.1, 0.15) is 0 Å². The summed E-state index contributed by atoms with van der Waals surface area (Å²) in [5, 5.41) is 13.4. The maximum absolute atomic E-state index is 10.1. The first-order valence-electron chi connectivity index (χ1n) is 8.74. The van der Waals surface area contributed by atoms with Gasteiger partial charge in [0, 0.05) is 20.2 Å². The minimum Gasteiger partial charge on any atom is -0.389 e. The van der Waals surface area contributed by atoms with Crippen LogP contribution in [0, 0.1) is 5.92 Å². The van der Waals surface area contributed by atoms with E-state index in [0.29, 0.717) is 25.2 Å². The summed E-state index contributed by atoms with van der Waals surface area (Å²) in [6.07, 6.45) is 9.68. The van der Waals surface area contributed by atoms with Crippen molar-refractivity contribution < 1.29 is 14.6 Å². The smallest absolute Gasteiger partial charge is 0.0897 e. The normalized spacial score (nSPS) is 29.9. The molecule has 0 aromatic rings. The highest BCUT2D eigenvalue weighted by molar-refractivity contribution is 4.91. The molecule has 4 nitrogen and oxygen atoms in total. The minimum atomic E-state index is -0.418. The van der Waals surface area contributed by atoms with Crippen molar-refractivity contribution in [2.24, 2.45) is 5.92 Å². The van der Waals surface area contributed by atoms with Crippen LogP contribution in [-0.4, -0.2) is 49.7 Å². The van der Waals surface area contributed by atoms with Crippen LogP contribution in [0.25, 0.3) is 0 Å². The first-order valence-corrected chi connectivity index (χ1v) is 8.74. The van der Waals surface area contributed by atoms with Crippen LogP contribution in [-0.2, 0) is 9.47 Å². The molecule has 0 saturated heterocycles. The van der Waals surface area contributed by atoms with E-state index in [0.717, 1.165) is 25.8 Å². The molecule has 2 rings (SSSR count). The Kier molecular flexibility index (Phi) is 6.93. The highest BCUT2D eigenvalue weighted by atomic mass is 16.5. The summed E-state index contributed by atoms with van der Waals surface area (Å²) in [4.78, 5) is 0. The predicted octanol–water partition coefficient (Wildman–Crippen LogP) is 2.49. The molecule has 0 aliphatic heterocycles. The summed E-state index contributed by atoms with van der Waals surface area (Å²) in [5.74, 6) is 0.686. The van der Waals surface area contributed by atoms with Crippen molar-refractivity contribution in [3.63, 3.8) is 0 Å². The number of rotatable bonds is 9. The van der Waals surface area contributed by atoms with Crippen molar-refractivity contribution in [1.29, 1.82) is 0 Å². The zero-order valence-corrected chi connectivity index (χ0v) is 13.8. The van der Waals surface area contributed by atoms with E-state index >= 15 is 0 Å². The third-order valence-electron chi connectivity index (χ3n) is 5.39. The number of methoxy groups -OCH3 is 1. The molecule has 0 bridgehead atoms. The summed E-state index contributed by atoms with van der Waals surface area (Å²) in [6, 6.07) is 0. The average molecular weight is 299 g/mol. The summed E-state index contributed by atoms with van der Waals surface area (Å²) >= 11 is 0. The van der Waals surface area contributed by atoms with Gasteiger partial charge in [0.05, 0.1) is 24.4 Å². The molecular formula is C17H33NO3. The van der Waals surface area contributed by atoms with E-state index in [1.165, 1.54) is 32.1 Å². The number of ether oxygens (including phenoxy) is 2. The zero-order chi connectivity index (χ0) is 15.1. The largest absolute Gasteiger partial charge is 0.389 e. The van der Waals surface area contributed by atoms with E-state index < -0.39 is 6.10 Å². The van der Waals surface area contributed by atoms with Crippen molar-refractivity contribution in [3.05, 3.63) is 0 Å². The van der Waals surface area contributed by atoms with Gasteiger partial charge in [0.2, 0.25) is 0 Å². The number of aliphatic hydroxyl groups is 1. The molecule has 0 spiro atoms. The highest BCUT2D eigenvalue weighted by Crippen LogP contribution is 2.34. The lowest BCUT2D eigenvalue weighted by Gasteiger charge is -2.40. The SMILES string of the molecule is CCC1CCCCC1OCC(O)CNCC1(OC)CCC1. The molecule has 0 radical (unpaired) electrons. The van der Waals surface area contributed by atoms with Gasteiger partial charge in [-0.3, -0.25) is 0 Å². The van der Waals surface area contributed by atoms with E-state index in [4.69, 9.17) is 9.47 Å². The number of aliphatic hydroxyl groups excluding tert-OH is 1. The van der Waals surface area contributed by atoms with Gasteiger partial charge in [-0.25, -0.2) is 0 Å². The second-order valence-corrected chi connectivity index (χ2v) is 6.85. The van der Waals surface area contributed by atoms with Crippen LogP contribution in [0.5, 0.6) is 0 Å². The van der Waals surface area contributed by atoms with E-state index in [-0.39, 0.29) is 5.60 Å². The van der Waals surface area contributed by atoms with Crippen molar-refractivity contribution >= 4 is 0 Å². The summed E-state index contributed by atoms with van der Waals surface area (Å²) in [6.45, 7) is 4.12. The standard InChI is InChI=1S/C17H33NO3/c1-3-14-7-4-5-8-16(14)21-12-15(19)11-18-13-17(20-2)9-6-10-17/h14-16,18-19H,3-13H2,1-2H3. The van der Waals surface area contributed by atoms with Gasteiger partial charge in [-0.15, -0.1) is 0 Å². The summed E-state index contributed by atoms with van der Waals surface area (Å²) in [5.41, 5.74) is 0.0251. The monoisotopic (exact) mass is 299 g/mol. The molecule has 4 heteroatoms. The molecule has 2 aliphatic rings. The van der Waals surface area contributed by atoms with E-state index in [2.05, 4.69) is 12.2 Å². The zero-order valence-electron chi connectivity index (χ0n) is 13.8. The molecular weight excluding hydrogens is 266 g/mol. The van der Waals surface area contributed by atoms with Gasteiger partial charge in [-0.1, -0.05) is 26.2 Å². The van der Waals surface area contributed by atoms with E-state index in [1.54, 1.807) is 7.11 Å². The van der Waals surface area contributed by atoms with Crippen LogP contribution in [0.15, 0.2) is 0 Å². The van der Waals surface area contributed by atoms with Crippen molar-refractivity contribution in [1.82, 2.24) is 5.32 Å². The van der Waals surface area contributed by atoms with Crippen LogP contribution in [0.3, 0.4) is 0 Å². The Morgan fingerprint density at radius 3 is 2.62 bits per heavy atom. The fraction of sp³-hybridized carbons (Fsp3) is 1.00. The molecule has 3 unspecified atom stereocenters.